The topological polar surface area (TPSA) is 24.9 Å². The minimum Gasteiger partial charge on any atom is -0.473 e. The van der Waals surface area contributed by atoms with Crippen LogP contribution in [0.3, 0.4) is 0 Å². The minimum atomic E-state index is -0.309. The van der Waals surface area contributed by atoms with Crippen LogP contribution in [0.4, 0.5) is 11.4 Å². The van der Waals surface area contributed by atoms with Gasteiger partial charge in [-0.05, 0) is 59.7 Å². The van der Waals surface area contributed by atoms with Crippen molar-refractivity contribution in [3.05, 3.63) is 118 Å². The third kappa shape index (κ3) is 4.45. The van der Waals surface area contributed by atoms with Crippen molar-refractivity contribution in [2.75, 3.05) is 23.3 Å². The van der Waals surface area contributed by atoms with E-state index in [2.05, 4.69) is 84.0 Å². The van der Waals surface area contributed by atoms with Gasteiger partial charge in [-0.25, -0.2) is 0 Å². The molecule has 0 aliphatic carbocycles. The summed E-state index contributed by atoms with van der Waals surface area (Å²) in [6.07, 6.45) is 11.3. The van der Waals surface area contributed by atoms with Crippen molar-refractivity contribution in [3.63, 3.8) is 0 Å². The molecule has 0 unspecified atom stereocenters. The maximum Gasteiger partial charge on any atom is 0.161 e. The highest BCUT2D eigenvalue weighted by atomic mass is 16.5. The Morgan fingerprint density at radius 2 is 1.08 bits per heavy atom. The zero-order valence-electron chi connectivity index (χ0n) is 22.3. The van der Waals surface area contributed by atoms with Gasteiger partial charge in [0.15, 0.2) is 13.5 Å². The number of ether oxygens (including phenoxy) is 2. The van der Waals surface area contributed by atoms with E-state index in [0.717, 1.165) is 47.1 Å². The van der Waals surface area contributed by atoms with Gasteiger partial charge in [-0.15, -0.1) is 12.8 Å². The number of hydrogen-bond donors (Lipinski definition) is 0. The number of terminal acetylenes is 2. The molecule has 0 atom stereocenters. The molecule has 0 saturated carbocycles. The van der Waals surface area contributed by atoms with Gasteiger partial charge >= 0.3 is 0 Å². The zero-order chi connectivity index (χ0) is 27.0. The maximum absolute atomic E-state index is 6.27. The summed E-state index contributed by atoms with van der Waals surface area (Å²) >= 11 is 0. The van der Waals surface area contributed by atoms with Gasteiger partial charge in [0, 0.05) is 39.0 Å². The summed E-state index contributed by atoms with van der Waals surface area (Å²) in [7, 11) is 0. The Bertz CT molecular complexity index is 1520. The summed E-state index contributed by atoms with van der Waals surface area (Å²) in [5, 5.41) is 0. The van der Waals surface area contributed by atoms with Crippen molar-refractivity contribution in [1.29, 1.82) is 0 Å². The monoisotopic (exact) mass is 510 g/mol. The number of rotatable bonds is 4. The first-order valence-electron chi connectivity index (χ1n) is 13.1. The van der Waals surface area contributed by atoms with E-state index in [9.17, 15) is 0 Å². The van der Waals surface area contributed by atoms with Gasteiger partial charge in [0.05, 0.1) is 13.1 Å². The minimum absolute atomic E-state index is 0.309. The van der Waals surface area contributed by atoms with E-state index in [1.54, 1.807) is 0 Å². The van der Waals surface area contributed by atoms with Crippen LogP contribution < -0.4 is 19.3 Å². The van der Waals surface area contributed by atoms with Gasteiger partial charge in [0.1, 0.15) is 11.5 Å². The summed E-state index contributed by atoms with van der Waals surface area (Å²) < 4.78 is 12.5. The Kier molecular flexibility index (Phi) is 6.18. The smallest absolute Gasteiger partial charge is 0.161 e. The fraction of sp³-hybridized carbons (Fsp3) is 0.200. The fourth-order valence-corrected chi connectivity index (χ4v) is 5.73. The van der Waals surface area contributed by atoms with Gasteiger partial charge < -0.3 is 19.3 Å². The van der Waals surface area contributed by atoms with Crippen molar-refractivity contribution < 1.29 is 9.47 Å². The molecule has 0 aromatic heterocycles. The van der Waals surface area contributed by atoms with E-state index in [-0.39, 0.29) is 5.41 Å². The molecule has 0 N–H and O–H groups in total. The highest BCUT2D eigenvalue weighted by Gasteiger charge is 2.34. The molecule has 0 amide bonds. The van der Waals surface area contributed by atoms with E-state index in [1.807, 2.05) is 36.4 Å². The van der Waals surface area contributed by atoms with Crippen molar-refractivity contribution >= 4 is 11.4 Å². The van der Waals surface area contributed by atoms with Crippen LogP contribution >= 0.6 is 0 Å². The highest BCUT2D eigenvalue weighted by Crippen LogP contribution is 2.44. The average molecular weight is 511 g/mol. The average Bonchev–Trinajstić information content (AvgIpc) is 2.99. The first-order valence-corrected chi connectivity index (χ1v) is 13.1. The SMILES string of the molecule is C#Cc1cccc(N2COc3cccc(C(C)(C)c4cccc5c4CN(c4cccc(C#C)c4)CO5)c3C2)c1. The lowest BCUT2D eigenvalue weighted by Gasteiger charge is -2.39. The van der Waals surface area contributed by atoms with Crippen molar-refractivity contribution in [2.45, 2.75) is 32.4 Å². The first-order chi connectivity index (χ1) is 19.0. The number of benzene rings is 4. The molecular formula is C35H30N2O2. The van der Waals surface area contributed by atoms with Gasteiger partial charge in [-0.2, -0.15) is 0 Å². The van der Waals surface area contributed by atoms with Crippen molar-refractivity contribution in [2.24, 2.45) is 0 Å². The van der Waals surface area contributed by atoms with Crippen LogP contribution in [0, 0.1) is 24.7 Å². The normalized spacial score (nSPS) is 14.3. The lowest BCUT2D eigenvalue weighted by Crippen LogP contribution is -2.36. The summed E-state index contributed by atoms with van der Waals surface area (Å²) in [5.41, 5.74) is 8.37. The summed E-state index contributed by atoms with van der Waals surface area (Å²) in [4.78, 5) is 4.46. The molecular weight excluding hydrogens is 480 g/mol. The first kappa shape index (κ1) is 24.5. The summed E-state index contributed by atoms with van der Waals surface area (Å²) in [5.74, 6) is 7.34. The van der Waals surface area contributed by atoms with Crippen molar-refractivity contribution in [3.8, 4) is 36.2 Å². The standard InChI is InChI=1S/C35H30N2O2/c1-5-25-11-7-13-27(19-25)36-21-29-31(15-9-17-33(29)38-23-36)35(3,4)32-16-10-18-34-30(32)22-37(24-39-34)28-14-8-12-26(6-2)20-28/h1-2,7-20H,21-24H2,3-4H3. The van der Waals surface area contributed by atoms with Gasteiger partial charge in [0.25, 0.3) is 0 Å². The third-order valence-corrected chi connectivity index (χ3v) is 7.82. The molecule has 2 aliphatic heterocycles. The Labute approximate surface area is 230 Å². The molecule has 0 spiro atoms. The van der Waals surface area contributed by atoms with Crippen LogP contribution in [-0.4, -0.2) is 13.5 Å². The number of fused-ring (bicyclic) bond motifs is 2. The quantitative estimate of drug-likeness (QED) is 0.286. The maximum atomic E-state index is 6.27. The fourth-order valence-electron chi connectivity index (χ4n) is 5.73. The summed E-state index contributed by atoms with van der Waals surface area (Å²) in [6.45, 7) is 7.00. The van der Waals surface area contributed by atoms with E-state index >= 15 is 0 Å². The molecule has 4 heteroatoms. The highest BCUT2D eigenvalue weighted by molar-refractivity contribution is 5.60. The van der Waals surface area contributed by atoms with Crippen LogP contribution in [-0.2, 0) is 18.5 Å². The van der Waals surface area contributed by atoms with Crippen LogP contribution in [0.1, 0.15) is 47.2 Å². The molecule has 4 aromatic rings. The predicted molar refractivity (Wildman–Crippen MR) is 157 cm³/mol. The Hall–Kier alpha value is -4.80. The van der Waals surface area contributed by atoms with E-state index in [4.69, 9.17) is 22.3 Å². The van der Waals surface area contributed by atoms with Gasteiger partial charge in [0.2, 0.25) is 0 Å². The lowest BCUT2D eigenvalue weighted by molar-refractivity contribution is 0.285. The van der Waals surface area contributed by atoms with Crippen LogP contribution in [0.25, 0.3) is 0 Å². The largest absolute Gasteiger partial charge is 0.473 e. The number of nitrogens with zero attached hydrogens (tertiary/aromatic N) is 2. The van der Waals surface area contributed by atoms with Gasteiger partial charge in [-0.3, -0.25) is 0 Å². The molecule has 4 nitrogen and oxygen atoms in total. The van der Waals surface area contributed by atoms with Crippen LogP contribution in [0.2, 0.25) is 0 Å². The number of anilines is 2. The molecule has 6 rings (SSSR count). The molecule has 0 radical (unpaired) electrons. The van der Waals surface area contributed by atoms with Crippen molar-refractivity contribution in [1.82, 2.24) is 0 Å². The molecule has 0 fully saturated rings. The molecule has 39 heavy (non-hydrogen) atoms. The van der Waals surface area contributed by atoms with E-state index < -0.39 is 0 Å². The molecule has 4 aromatic carbocycles. The molecule has 192 valence electrons. The second-order valence-electron chi connectivity index (χ2n) is 10.5. The number of hydrogen-bond acceptors (Lipinski definition) is 4. The zero-order valence-corrected chi connectivity index (χ0v) is 22.3. The second-order valence-corrected chi connectivity index (χ2v) is 10.5. The Balaban J connectivity index is 1.37. The molecule has 0 bridgehead atoms. The Morgan fingerprint density at radius 3 is 1.51 bits per heavy atom. The Morgan fingerprint density at radius 1 is 0.641 bits per heavy atom. The van der Waals surface area contributed by atoms with E-state index in [1.165, 1.54) is 22.3 Å². The molecule has 0 saturated heterocycles. The van der Waals surface area contributed by atoms with E-state index in [0.29, 0.717) is 13.5 Å². The van der Waals surface area contributed by atoms with Gasteiger partial charge in [-0.1, -0.05) is 62.1 Å². The lowest BCUT2D eigenvalue weighted by atomic mass is 9.73. The second kappa shape index (κ2) is 9.82. The molecule has 2 aliphatic rings. The third-order valence-electron chi connectivity index (χ3n) is 7.82. The predicted octanol–water partition coefficient (Wildman–Crippen LogP) is 6.69. The van der Waals surface area contributed by atoms with Crippen LogP contribution in [0.15, 0.2) is 84.9 Å². The van der Waals surface area contributed by atoms with Crippen LogP contribution in [0.5, 0.6) is 11.5 Å². The summed E-state index contributed by atoms with van der Waals surface area (Å²) in [6, 6.07) is 28.9. The molecule has 2 heterocycles.